The van der Waals surface area contributed by atoms with Crippen LogP contribution in [0.4, 0.5) is 0 Å². The molecule has 0 amide bonds. The normalized spacial score (nSPS) is 23.4. The Morgan fingerprint density at radius 1 is 1.61 bits per heavy atom. The molecule has 1 aromatic heterocycles. The smallest absolute Gasteiger partial charge is 0.0941 e. The fourth-order valence-corrected chi connectivity index (χ4v) is 3.05. The summed E-state index contributed by atoms with van der Waals surface area (Å²) in [5.41, 5.74) is 0. The molecule has 0 radical (unpaired) electrons. The molecule has 0 spiro atoms. The maximum absolute atomic E-state index is 5.93. The fourth-order valence-electron chi connectivity index (χ4n) is 2.37. The van der Waals surface area contributed by atoms with Crippen molar-refractivity contribution in [1.29, 1.82) is 0 Å². The molecule has 2 atom stereocenters. The first-order valence-electron chi connectivity index (χ1n) is 6.62. The Labute approximate surface area is 113 Å². The van der Waals surface area contributed by atoms with E-state index in [0.29, 0.717) is 12.1 Å². The van der Waals surface area contributed by atoms with Gasteiger partial charge in [-0.1, -0.05) is 0 Å². The van der Waals surface area contributed by atoms with E-state index in [0.717, 1.165) is 26.1 Å². The third kappa shape index (κ3) is 3.51. The highest BCUT2D eigenvalue weighted by Gasteiger charge is 2.28. The Bertz CT molecular complexity index is 342. The third-order valence-electron chi connectivity index (χ3n) is 3.55. The zero-order chi connectivity index (χ0) is 13.0. The van der Waals surface area contributed by atoms with Crippen LogP contribution in [0.15, 0.2) is 11.6 Å². The Kier molecular flexibility index (Phi) is 5.12. The van der Waals surface area contributed by atoms with Gasteiger partial charge in [0.05, 0.1) is 17.7 Å². The molecule has 2 unspecified atom stereocenters. The van der Waals surface area contributed by atoms with Crippen LogP contribution in [0, 0.1) is 0 Å². The van der Waals surface area contributed by atoms with Gasteiger partial charge in [-0.2, -0.15) is 0 Å². The number of rotatable bonds is 5. The van der Waals surface area contributed by atoms with Crippen molar-refractivity contribution in [1.82, 2.24) is 15.2 Å². The molecular formula is C13H23N3OS. The zero-order valence-electron chi connectivity index (χ0n) is 11.4. The van der Waals surface area contributed by atoms with Gasteiger partial charge in [0, 0.05) is 43.2 Å². The average molecular weight is 269 g/mol. The summed E-state index contributed by atoms with van der Waals surface area (Å²) in [6.45, 7) is 7.38. The summed E-state index contributed by atoms with van der Waals surface area (Å²) >= 11 is 1.72. The zero-order valence-corrected chi connectivity index (χ0v) is 12.2. The molecule has 102 valence electrons. The average Bonchev–Trinajstić information content (AvgIpc) is 2.89. The molecule has 0 bridgehead atoms. The Morgan fingerprint density at radius 3 is 3.06 bits per heavy atom. The lowest BCUT2D eigenvalue weighted by Gasteiger charge is -2.38. The van der Waals surface area contributed by atoms with E-state index in [1.54, 1.807) is 11.3 Å². The number of hydrogen-bond donors (Lipinski definition) is 1. The summed E-state index contributed by atoms with van der Waals surface area (Å²) in [4.78, 5) is 6.85. The molecule has 1 aliphatic rings. The van der Waals surface area contributed by atoms with Gasteiger partial charge in [-0.05, 0) is 20.9 Å². The lowest BCUT2D eigenvalue weighted by molar-refractivity contribution is -0.0541. The van der Waals surface area contributed by atoms with Crippen LogP contribution < -0.4 is 5.32 Å². The third-order valence-corrected chi connectivity index (χ3v) is 4.35. The van der Waals surface area contributed by atoms with Crippen LogP contribution in [0.3, 0.4) is 0 Å². The molecule has 1 aromatic rings. The molecule has 1 fully saturated rings. The van der Waals surface area contributed by atoms with Crippen LogP contribution >= 0.6 is 11.3 Å². The molecule has 2 heterocycles. The van der Waals surface area contributed by atoms with E-state index in [1.165, 1.54) is 5.01 Å². The highest BCUT2D eigenvalue weighted by atomic mass is 32.1. The van der Waals surface area contributed by atoms with E-state index in [2.05, 4.69) is 29.0 Å². The van der Waals surface area contributed by atoms with Crippen LogP contribution in [-0.2, 0) is 11.2 Å². The van der Waals surface area contributed by atoms with Crippen molar-refractivity contribution in [3.05, 3.63) is 16.6 Å². The highest BCUT2D eigenvalue weighted by molar-refractivity contribution is 7.09. The molecule has 0 aromatic carbocycles. The summed E-state index contributed by atoms with van der Waals surface area (Å²) in [5, 5.41) is 6.60. The standard InChI is InChI=1S/C13H23N3OS/c1-10(2)16-5-6-17-12(9-16)11(14-3)8-13-15-4-7-18-13/h4,7,10-12,14H,5-6,8-9H2,1-3H3. The van der Waals surface area contributed by atoms with Crippen molar-refractivity contribution in [3.8, 4) is 0 Å². The quantitative estimate of drug-likeness (QED) is 0.876. The van der Waals surface area contributed by atoms with Gasteiger partial charge in [-0.25, -0.2) is 4.98 Å². The van der Waals surface area contributed by atoms with E-state index in [4.69, 9.17) is 4.74 Å². The lowest BCUT2D eigenvalue weighted by atomic mass is 10.1. The van der Waals surface area contributed by atoms with Crippen LogP contribution in [0.2, 0.25) is 0 Å². The van der Waals surface area contributed by atoms with Crippen molar-refractivity contribution in [3.63, 3.8) is 0 Å². The molecule has 1 aliphatic heterocycles. The number of nitrogens with zero attached hydrogens (tertiary/aromatic N) is 2. The van der Waals surface area contributed by atoms with Crippen LogP contribution in [0.1, 0.15) is 18.9 Å². The first-order valence-corrected chi connectivity index (χ1v) is 7.50. The number of nitrogens with one attached hydrogen (secondary N) is 1. The van der Waals surface area contributed by atoms with Gasteiger partial charge in [-0.3, -0.25) is 4.90 Å². The first kappa shape index (κ1) is 13.9. The van der Waals surface area contributed by atoms with Gasteiger partial charge in [0.1, 0.15) is 0 Å². The number of hydrogen-bond acceptors (Lipinski definition) is 5. The van der Waals surface area contributed by atoms with Crippen LogP contribution in [0.5, 0.6) is 0 Å². The van der Waals surface area contributed by atoms with Gasteiger partial charge in [0.2, 0.25) is 0 Å². The highest BCUT2D eigenvalue weighted by Crippen LogP contribution is 2.16. The molecule has 4 nitrogen and oxygen atoms in total. The van der Waals surface area contributed by atoms with Crippen molar-refractivity contribution in [2.24, 2.45) is 0 Å². The summed E-state index contributed by atoms with van der Waals surface area (Å²) in [6.07, 6.45) is 3.08. The monoisotopic (exact) mass is 269 g/mol. The van der Waals surface area contributed by atoms with Crippen molar-refractivity contribution in [2.75, 3.05) is 26.7 Å². The van der Waals surface area contributed by atoms with Gasteiger partial charge >= 0.3 is 0 Å². The molecular weight excluding hydrogens is 246 g/mol. The van der Waals surface area contributed by atoms with E-state index in [9.17, 15) is 0 Å². The van der Waals surface area contributed by atoms with Crippen molar-refractivity contribution < 1.29 is 4.74 Å². The summed E-state index contributed by atoms with van der Waals surface area (Å²) in [6, 6.07) is 0.937. The predicted molar refractivity (Wildman–Crippen MR) is 75.1 cm³/mol. The maximum Gasteiger partial charge on any atom is 0.0941 e. The molecule has 18 heavy (non-hydrogen) atoms. The van der Waals surface area contributed by atoms with Crippen LogP contribution in [-0.4, -0.2) is 54.8 Å². The Morgan fingerprint density at radius 2 is 2.44 bits per heavy atom. The first-order chi connectivity index (χ1) is 8.70. The van der Waals surface area contributed by atoms with Gasteiger partial charge < -0.3 is 10.1 Å². The number of ether oxygens (including phenoxy) is 1. The number of likely N-dealkylation sites (N-methyl/N-ethyl adjacent to an activating group) is 1. The molecule has 2 rings (SSSR count). The minimum atomic E-state index is 0.259. The largest absolute Gasteiger partial charge is 0.374 e. The molecule has 0 saturated carbocycles. The predicted octanol–water partition coefficient (Wildman–Crippen LogP) is 1.38. The van der Waals surface area contributed by atoms with E-state index >= 15 is 0 Å². The second kappa shape index (κ2) is 6.61. The summed E-state index contributed by atoms with van der Waals surface area (Å²) in [5.74, 6) is 0. The van der Waals surface area contributed by atoms with Crippen LogP contribution in [0.25, 0.3) is 0 Å². The molecule has 1 N–H and O–H groups in total. The maximum atomic E-state index is 5.93. The van der Waals surface area contributed by atoms with Gasteiger partial charge in [-0.15, -0.1) is 11.3 Å². The van der Waals surface area contributed by atoms with E-state index in [1.807, 2.05) is 18.6 Å². The molecule has 1 saturated heterocycles. The number of morpholine rings is 1. The fraction of sp³-hybridized carbons (Fsp3) is 0.769. The van der Waals surface area contributed by atoms with E-state index in [-0.39, 0.29) is 6.10 Å². The second-order valence-corrected chi connectivity index (χ2v) is 6.00. The van der Waals surface area contributed by atoms with Crippen molar-refractivity contribution >= 4 is 11.3 Å². The number of thiazole rings is 1. The Hall–Kier alpha value is -0.490. The van der Waals surface area contributed by atoms with Gasteiger partial charge in [0.15, 0.2) is 0 Å². The minimum absolute atomic E-state index is 0.259. The second-order valence-electron chi connectivity index (χ2n) is 5.02. The molecule has 5 heteroatoms. The number of aromatic nitrogens is 1. The Balaban J connectivity index is 1.94. The SMILES string of the molecule is CNC(Cc1nccs1)C1CN(C(C)C)CCO1. The van der Waals surface area contributed by atoms with E-state index < -0.39 is 0 Å². The summed E-state index contributed by atoms with van der Waals surface area (Å²) in [7, 11) is 2.01. The minimum Gasteiger partial charge on any atom is -0.374 e. The van der Waals surface area contributed by atoms with Gasteiger partial charge in [0.25, 0.3) is 0 Å². The molecule has 0 aliphatic carbocycles. The lowest BCUT2D eigenvalue weighted by Crippen LogP contribution is -2.53. The summed E-state index contributed by atoms with van der Waals surface area (Å²) < 4.78 is 5.93. The van der Waals surface area contributed by atoms with Crippen molar-refractivity contribution in [2.45, 2.75) is 38.5 Å². The topological polar surface area (TPSA) is 37.4 Å².